The van der Waals surface area contributed by atoms with E-state index in [4.69, 9.17) is 15.2 Å². The minimum Gasteiger partial charge on any atom is -0.454 e. The Morgan fingerprint density at radius 2 is 2.21 bits per heavy atom. The van der Waals surface area contributed by atoms with E-state index in [1.807, 2.05) is 18.2 Å². The first kappa shape index (κ1) is 12.8. The van der Waals surface area contributed by atoms with Crippen molar-refractivity contribution in [1.29, 1.82) is 0 Å². The van der Waals surface area contributed by atoms with Crippen LogP contribution in [0.4, 0.5) is 0 Å². The van der Waals surface area contributed by atoms with Gasteiger partial charge in [0, 0.05) is 19.1 Å². The Bertz CT molecular complexity index is 450. The monoisotopic (exact) mass is 262 g/mol. The van der Waals surface area contributed by atoms with E-state index in [9.17, 15) is 0 Å². The predicted octanol–water partition coefficient (Wildman–Crippen LogP) is 2.15. The molecule has 4 nitrogen and oxygen atoms in total. The highest BCUT2D eigenvalue weighted by molar-refractivity contribution is 5.45. The van der Waals surface area contributed by atoms with E-state index >= 15 is 0 Å². The maximum absolute atomic E-state index is 6.33. The van der Waals surface area contributed by atoms with Gasteiger partial charge in [-0.15, -0.1) is 0 Å². The number of piperidine rings is 1. The van der Waals surface area contributed by atoms with E-state index in [0.717, 1.165) is 36.1 Å². The van der Waals surface area contributed by atoms with Crippen LogP contribution in [0.1, 0.15) is 31.4 Å². The zero-order valence-corrected chi connectivity index (χ0v) is 11.5. The Morgan fingerprint density at radius 1 is 1.37 bits per heavy atom. The molecule has 2 heterocycles. The van der Waals surface area contributed by atoms with Crippen LogP contribution in [0.5, 0.6) is 11.5 Å². The van der Waals surface area contributed by atoms with Crippen LogP contribution < -0.4 is 15.2 Å². The van der Waals surface area contributed by atoms with Gasteiger partial charge < -0.3 is 20.1 Å². The summed E-state index contributed by atoms with van der Waals surface area (Å²) in [7, 11) is 0. The fourth-order valence-corrected chi connectivity index (χ4v) is 2.98. The predicted molar refractivity (Wildman–Crippen MR) is 74.3 cm³/mol. The Kier molecular flexibility index (Phi) is 3.62. The average molecular weight is 262 g/mol. The van der Waals surface area contributed by atoms with Crippen LogP contribution >= 0.6 is 0 Å². The molecule has 1 saturated heterocycles. The lowest BCUT2D eigenvalue weighted by Gasteiger charge is -2.32. The third-order valence-electron chi connectivity index (χ3n) is 4.02. The standard InChI is InChI=1S/C15H22N2O2/c1-11-3-2-6-17(8-11)9-13(16)12-4-5-14-15(7-12)19-10-18-14/h4-5,7,11,13H,2-3,6,8-10,16H2,1H3. The third-order valence-corrected chi connectivity index (χ3v) is 4.02. The molecule has 0 aromatic heterocycles. The molecule has 1 aromatic carbocycles. The summed E-state index contributed by atoms with van der Waals surface area (Å²) in [6, 6.07) is 6.06. The van der Waals surface area contributed by atoms with E-state index < -0.39 is 0 Å². The smallest absolute Gasteiger partial charge is 0.231 e. The van der Waals surface area contributed by atoms with E-state index in [0.29, 0.717) is 6.79 Å². The number of nitrogens with two attached hydrogens (primary N) is 1. The molecule has 2 atom stereocenters. The van der Waals surface area contributed by atoms with Crippen LogP contribution in [0.3, 0.4) is 0 Å². The van der Waals surface area contributed by atoms with Crippen LogP contribution in [0.2, 0.25) is 0 Å². The maximum atomic E-state index is 6.33. The first-order valence-corrected chi connectivity index (χ1v) is 7.10. The molecular formula is C15H22N2O2. The molecule has 0 saturated carbocycles. The average Bonchev–Trinajstić information content (AvgIpc) is 2.85. The molecule has 4 heteroatoms. The summed E-state index contributed by atoms with van der Waals surface area (Å²) in [5.41, 5.74) is 7.45. The highest BCUT2D eigenvalue weighted by Gasteiger charge is 2.20. The van der Waals surface area contributed by atoms with Gasteiger partial charge >= 0.3 is 0 Å². The van der Waals surface area contributed by atoms with Gasteiger partial charge in [-0.05, 0) is 43.0 Å². The molecule has 1 aromatic rings. The van der Waals surface area contributed by atoms with Crippen molar-refractivity contribution in [3.05, 3.63) is 23.8 Å². The molecule has 0 amide bonds. The summed E-state index contributed by atoms with van der Waals surface area (Å²) < 4.78 is 10.7. The van der Waals surface area contributed by atoms with Crippen LogP contribution in [-0.2, 0) is 0 Å². The Balaban J connectivity index is 1.65. The number of rotatable bonds is 3. The fourth-order valence-electron chi connectivity index (χ4n) is 2.98. The third kappa shape index (κ3) is 2.85. The van der Waals surface area contributed by atoms with Gasteiger partial charge in [0.1, 0.15) is 0 Å². The highest BCUT2D eigenvalue weighted by atomic mass is 16.7. The molecule has 19 heavy (non-hydrogen) atoms. The number of nitrogens with zero attached hydrogens (tertiary/aromatic N) is 1. The van der Waals surface area contributed by atoms with E-state index in [1.54, 1.807) is 0 Å². The first-order valence-electron chi connectivity index (χ1n) is 7.10. The first-order chi connectivity index (χ1) is 9.22. The van der Waals surface area contributed by atoms with Crippen molar-refractivity contribution >= 4 is 0 Å². The Labute approximate surface area is 114 Å². The van der Waals surface area contributed by atoms with Crippen molar-refractivity contribution in [2.45, 2.75) is 25.8 Å². The number of benzene rings is 1. The number of ether oxygens (including phenoxy) is 2. The van der Waals surface area contributed by atoms with Gasteiger partial charge in [-0.25, -0.2) is 0 Å². The summed E-state index contributed by atoms with van der Waals surface area (Å²) >= 11 is 0. The molecule has 104 valence electrons. The van der Waals surface area contributed by atoms with Gasteiger partial charge in [-0.1, -0.05) is 13.0 Å². The lowest BCUT2D eigenvalue weighted by Crippen LogP contribution is -2.39. The summed E-state index contributed by atoms with van der Waals surface area (Å²) in [6.45, 7) is 5.89. The van der Waals surface area contributed by atoms with Gasteiger partial charge in [0.2, 0.25) is 6.79 Å². The zero-order chi connectivity index (χ0) is 13.2. The van der Waals surface area contributed by atoms with Gasteiger partial charge in [0.25, 0.3) is 0 Å². The van der Waals surface area contributed by atoms with Crippen molar-refractivity contribution in [2.75, 3.05) is 26.4 Å². The van der Waals surface area contributed by atoms with Crippen LogP contribution in [0, 0.1) is 5.92 Å². The maximum Gasteiger partial charge on any atom is 0.231 e. The molecule has 2 N–H and O–H groups in total. The van der Waals surface area contributed by atoms with E-state index in [1.165, 1.54) is 19.4 Å². The molecule has 0 radical (unpaired) electrons. The highest BCUT2D eigenvalue weighted by Crippen LogP contribution is 2.34. The second kappa shape index (κ2) is 5.39. The second-order valence-electron chi connectivity index (χ2n) is 5.73. The summed E-state index contributed by atoms with van der Waals surface area (Å²) in [5, 5.41) is 0. The number of fused-ring (bicyclic) bond motifs is 1. The number of likely N-dealkylation sites (tertiary alicyclic amines) is 1. The van der Waals surface area contributed by atoms with Gasteiger partial charge in [0.05, 0.1) is 0 Å². The minimum atomic E-state index is 0.0415. The molecular weight excluding hydrogens is 240 g/mol. The SMILES string of the molecule is CC1CCCN(CC(N)c2ccc3c(c2)OCO3)C1. The molecule has 0 aliphatic carbocycles. The van der Waals surface area contributed by atoms with E-state index in [2.05, 4.69) is 11.8 Å². The fraction of sp³-hybridized carbons (Fsp3) is 0.600. The second-order valence-corrected chi connectivity index (χ2v) is 5.73. The summed E-state index contributed by atoms with van der Waals surface area (Å²) in [6.07, 6.45) is 2.63. The lowest BCUT2D eigenvalue weighted by molar-refractivity contribution is 0.172. The number of hydrogen-bond acceptors (Lipinski definition) is 4. The van der Waals surface area contributed by atoms with Gasteiger partial charge in [-0.2, -0.15) is 0 Å². The van der Waals surface area contributed by atoms with Gasteiger partial charge in [0.15, 0.2) is 11.5 Å². The Hall–Kier alpha value is -1.26. The van der Waals surface area contributed by atoms with Crippen molar-refractivity contribution in [3.63, 3.8) is 0 Å². The lowest BCUT2D eigenvalue weighted by atomic mass is 9.99. The molecule has 2 aliphatic rings. The van der Waals surface area contributed by atoms with Crippen molar-refractivity contribution < 1.29 is 9.47 Å². The largest absolute Gasteiger partial charge is 0.454 e. The molecule has 0 bridgehead atoms. The quantitative estimate of drug-likeness (QED) is 0.906. The molecule has 0 spiro atoms. The topological polar surface area (TPSA) is 47.7 Å². The normalized spacial score (nSPS) is 24.4. The molecule has 2 aliphatic heterocycles. The van der Waals surface area contributed by atoms with Gasteiger partial charge in [-0.3, -0.25) is 0 Å². The van der Waals surface area contributed by atoms with E-state index in [-0.39, 0.29) is 6.04 Å². The molecule has 2 unspecified atom stereocenters. The molecule has 3 rings (SSSR count). The minimum absolute atomic E-state index is 0.0415. The zero-order valence-electron chi connectivity index (χ0n) is 11.5. The van der Waals surface area contributed by atoms with Crippen molar-refractivity contribution in [3.8, 4) is 11.5 Å². The molecule has 1 fully saturated rings. The summed E-state index contributed by atoms with van der Waals surface area (Å²) in [4.78, 5) is 2.48. The van der Waals surface area contributed by atoms with Crippen LogP contribution in [0.25, 0.3) is 0 Å². The summed E-state index contributed by atoms with van der Waals surface area (Å²) in [5.74, 6) is 2.43. The van der Waals surface area contributed by atoms with Crippen molar-refractivity contribution in [2.24, 2.45) is 11.7 Å². The number of hydrogen-bond donors (Lipinski definition) is 1. The Morgan fingerprint density at radius 3 is 3.05 bits per heavy atom. The van der Waals surface area contributed by atoms with Crippen LogP contribution in [-0.4, -0.2) is 31.3 Å². The van der Waals surface area contributed by atoms with Crippen molar-refractivity contribution in [1.82, 2.24) is 4.90 Å². The van der Waals surface area contributed by atoms with Crippen LogP contribution in [0.15, 0.2) is 18.2 Å².